The van der Waals surface area contributed by atoms with Gasteiger partial charge in [-0.1, -0.05) is 72.3 Å². The Hall–Kier alpha value is -4.55. The molecule has 7 heteroatoms. The summed E-state index contributed by atoms with van der Waals surface area (Å²) in [4.78, 5) is 45.8. The van der Waals surface area contributed by atoms with E-state index in [9.17, 15) is 18.8 Å². The summed E-state index contributed by atoms with van der Waals surface area (Å²) >= 11 is 6.34. The molecule has 4 aromatic rings. The predicted octanol–water partition coefficient (Wildman–Crippen LogP) is 6.80. The number of fused-ring (bicyclic) bond motifs is 5. The van der Waals surface area contributed by atoms with Crippen LogP contribution in [0.3, 0.4) is 0 Å². The van der Waals surface area contributed by atoms with E-state index >= 15 is 0 Å². The first-order valence-electron chi connectivity index (χ1n) is 13.2. The van der Waals surface area contributed by atoms with Gasteiger partial charge >= 0.3 is 0 Å². The molecule has 41 heavy (non-hydrogen) atoms. The molecule has 4 aromatic carbocycles. The van der Waals surface area contributed by atoms with Crippen LogP contribution >= 0.6 is 11.6 Å². The van der Waals surface area contributed by atoms with Crippen molar-refractivity contribution >= 4 is 40.7 Å². The Bertz CT molecular complexity index is 1760. The Morgan fingerprint density at radius 1 is 0.902 bits per heavy atom. The van der Waals surface area contributed by atoms with Gasteiger partial charge in [0.2, 0.25) is 0 Å². The summed E-state index contributed by atoms with van der Waals surface area (Å²) in [5.41, 5.74) is 1.35. The van der Waals surface area contributed by atoms with Crippen LogP contribution in [-0.4, -0.2) is 36.5 Å². The van der Waals surface area contributed by atoms with Crippen molar-refractivity contribution in [1.82, 2.24) is 0 Å². The minimum Gasteiger partial charge on any atom is -0.497 e. The van der Waals surface area contributed by atoms with Crippen molar-refractivity contribution < 1.29 is 23.5 Å². The third-order valence-electron chi connectivity index (χ3n) is 8.62. The van der Waals surface area contributed by atoms with Gasteiger partial charge in [0.05, 0.1) is 13.2 Å². The molecule has 0 unspecified atom stereocenters. The summed E-state index contributed by atoms with van der Waals surface area (Å²) in [5, 5.41) is 0.520. The molecule has 202 valence electrons. The Kier molecular flexibility index (Phi) is 5.73. The van der Waals surface area contributed by atoms with Crippen molar-refractivity contribution in [1.29, 1.82) is 0 Å². The first-order valence-corrected chi connectivity index (χ1v) is 13.6. The van der Waals surface area contributed by atoms with Crippen LogP contribution in [0.5, 0.6) is 5.75 Å². The lowest BCUT2D eigenvalue weighted by Gasteiger charge is -2.37. The average Bonchev–Trinajstić information content (AvgIpc) is 3.43. The minimum absolute atomic E-state index is 0.284. The van der Waals surface area contributed by atoms with Crippen molar-refractivity contribution in [3.05, 3.63) is 136 Å². The normalized spacial score (nSPS) is 21.5. The fourth-order valence-electron chi connectivity index (χ4n) is 6.94. The average molecular weight is 564 g/mol. The van der Waals surface area contributed by atoms with Gasteiger partial charge in [-0.3, -0.25) is 14.4 Å². The second kappa shape index (κ2) is 9.25. The molecule has 3 aliphatic rings. The van der Waals surface area contributed by atoms with Crippen LogP contribution in [0.15, 0.2) is 97.1 Å². The van der Waals surface area contributed by atoms with E-state index in [1.54, 1.807) is 72.8 Å². The maximum Gasteiger partial charge on any atom is 0.186 e. The summed E-state index contributed by atoms with van der Waals surface area (Å²) < 4.78 is 19.6. The standard InChI is InChI=1S/C34H23ClFNO4/c1-41-24-6-4-5-21(18-24)31(38)30-29(19-9-13-23(36)14-10-19)34(32(39)25-7-2-3-8-26(25)33(34)40)28-16-11-20-17-22(35)12-15-27(20)37(28)30/h2-18,28-30H,1H3/t28-,29+,30-/m1/s1. The third kappa shape index (κ3) is 3.50. The molecule has 0 bridgehead atoms. The number of methoxy groups -OCH3 is 1. The Labute approximate surface area is 240 Å². The van der Waals surface area contributed by atoms with Crippen LogP contribution in [0.1, 0.15) is 48.1 Å². The van der Waals surface area contributed by atoms with Crippen molar-refractivity contribution in [2.45, 2.75) is 18.0 Å². The van der Waals surface area contributed by atoms with Gasteiger partial charge in [-0.2, -0.15) is 0 Å². The summed E-state index contributed by atoms with van der Waals surface area (Å²) in [6.45, 7) is 0. The molecule has 1 saturated heterocycles. The zero-order valence-electron chi connectivity index (χ0n) is 21.9. The minimum atomic E-state index is -1.66. The molecule has 1 fully saturated rings. The van der Waals surface area contributed by atoms with Crippen LogP contribution in [0.4, 0.5) is 10.1 Å². The summed E-state index contributed by atoms with van der Waals surface area (Å²) in [6.07, 6.45) is 3.68. The molecule has 0 amide bonds. The van der Waals surface area contributed by atoms with Gasteiger partial charge in [-0.25, -0.2) is 4.39 Å². The van der Waals surface area contributed by atoms with E-state index in [0.717, 1.165) is 5.56 Å². The van der Waals surface area contributed by atoms with Gasteiger partial charge in [0.1, 0.15) is 23.0 Å². The molecule has 5 nitrogen and oxygen atoms in total. The lowest BCUT2D eigenvalue weighted by atomic mass is 9.64. The van der Waals surface area contributed by atoms with E-state index in [0.29, 0.717) is 38.7 Å². The Morgan fingerprint density at radius 3 is 2.29 bits per heavy atom. The van der Waals surface area contributed by atoms with Gasteiger partial charge in [0.15, 0.2) is 17.3 Å². The van der Waals surface area contributed by atoms with E-state index in [-0.39, 0.29) is 17.3 Å². The van der Waals surface area contributed by atoms with Gasteiger partial charge in [0, 0.05) is 33.3 Å². The lowest BCUT2D eigenvalue weighted by molar-refractivity contribution is 0.0666. The van der Waals surface area contributed by atoms with Crippen LogP contribution in [0, 0.1) is 11.2 Å². The van der Waals surface area contributed by atoms with E-state index in [1.807, 2.05) is 23.1 Å². The molecular formula is C34H23ClFNO4. The monoisotopic (exact) mass is 563 g/mol. The highest BCUT2D eigenvalue weighted by Crippen LogP contribution is 2.61. The topological polar surface area (TPSA) is 63.7 Å². The third-order valence-corrected chi connectivity index (χ3v) is 8.85. The summed E-state index contributed by atoms with van der Waals surface area (Å²) in [5.74, 6) is -1.85. The molecule has 2 heterocycles. The molecule has 0 N–H and O–H groups in total. The van der Waals surface area contributed by atoms with Gasteiger partial charge in [-0.15, -0.1) is 0 Å². The number of hydrogen-bond acceptors (Lipinski definition) is 5. The number of Topliss-reactive ketones (excluding diaryl/α,β-unsaturated/α-hetero) is 3. The predicted molar refractivity (Wildman–Crippen MR) is 155 cm³/mol. The van der Waals surface area contributed by atoms with Crippen LogP contribution < -0.4 is 9.64 Å². The largest absolute Gasteiger partial charge is 0.497 e. The number of halogens is 2. The van der Waals surface area contributed by atoms with E-state index in [4.69, 9.17) is 16.3 Å². The molecular weight excluding hydrogens is 541 g/mol. The van der Waals surface area contributed by atoms with Crippen LogP contribution in [-0.2, 0) is 0 Å². The molecule has 0 radical (unpaired) electrons. The number of ketones is 3. The van der Waals surface area contributed by atoms with Crippen LogP contribution in [0.25, 0.3) is 6.08 Å². The fourth-order valence-corrected chi connectivity index (χ4v) is 7.12. The fraction of sp³-hybridized carbons (Fsp3) is 0.147. The smallest absolute Gasteiger partial charge is 0.186 e. The Balaban J connectivity index is 1.54. The van der Waals surface area contributed by atoms with Gasteiger partial charge < -0.3 is 9.64 Å². The first kappa shape index (κ1) is 25.4. The molecule has 7 rings (SSSR count). The maximum absolute atomic E-state index is 14.7. The number of ether oxygens (including phenoxy) is 1. The van der Waals surface area contributed by atoms with Gasteiger partial charge in [0.25, 0.3) is 0 Å². The second-order valence-corrected chi connectivity index (χ2v) is 11.0. The highest BCUT2D eigenvalue weighted by Gasteiger charge is 2.71. The molecule has 0 aromatic heterocycles. The zero-order chi connectivity index (χ0) is 28.5. The SMILES string of the molecule is COc1cccc(C(=O)[C@H]2[C@H](c3ccc(F)cc3)C3(C(=O)c4ccccc4C3=O)[C@H]3C=Cc4cc(Cl)ccc4N23)c1. The van der Waals surface area contributed by atoms with Crippen molar-refractivity contribution in [3.8, 4) is 5.75 Å². The summed E-state index contributed by atoms with van der Waals surface area (Å²) in [7, 11) is 1.52. The van der Waals surface area contributed by atoms with Crippen molar-refractivity contribution in [2.24, 2.45) is 5.41 Å². The van der Waals surface area contributed by atoms with Crippen LogP contribution in [0.2, 0.25) is 5.02 Å². The molecule has 1 spiro atoms. The summed E-state index contributed by atoms with van der Waals surface area (Å²) in [6, 6.07) is 22.9. The highest BCUT2D eigenvalue weighted by atomic mass is 35.5. The van der Waals surface area contributed by atoms with E-state index in [2.05, 4.69) is 0 Å². The number of benzene rings is 4. The van der Waals surface area contributed by atoms with Gasteiger partial charge in [-0.05, 0) is 53.6 Å². The second-order valence-electron chi connectivity index (χ2n) is 10.6. The number of hydrogen-bond donors (Lipinski definition) is 0. The molecule has 2 aliphatic heterocycles. The highest BCUT2D eigenvalue weighted by molar-refractivity contribution is 6.32. The number of carbonyl (C=O) groups excluding carboxylic acids is 3. The first-order chi connectivity index (χ1) is 19.9. The quantitative estimate of drug-likeness (QED) is 0.202. The lowest BCUT2D eigenvalue weighted by Crippen LogP contribution is -2.48. The Morgan fingerprint density at radius 2 is 1.61 bits per heavy atom. The molecule has 3 atom stereocenters. The maximum atomic E-state index is 14.7. The number of rotatable bonds is 4. The van der Waals surface area contributed by atoms with Crippen molar-refractivity contribution in [3.63, 3.8) is 0 Å². The van der Waals surface area contributed by atoms with E-state index < -0.39 is 29.2 Å². The number of anilines is 1. The molecule has 0 saturated carbocycles. The van der Waals surface area contributed by atoms with Crippen molar-refractivity contribution in [2.75, 3.05) is 12.0 Å². The molecule has 1 aliphatic carbocycles. The number of carbonyl (C=O) groups is 3. The number of nitrogens with zero attached hydrogens (tertiary/aromatic N) is 1. The zero-order valence-corrected chi connectivity index (χ0v) is 22.6. The van der Waals surface area contributed by atoms with E-state index in [1.165, 1.54) is 19.2 Å².